The number of benzene rings is 1. The molecule has 0 aromatic heterocycles. The van der Waals surface area contributed by atoms with E-state index in [9.17, 15) is 23.1 Å². The molecule has 0 amide bonds. The van der Waals surface area contributed by atoms with E-state index in [1.165, 1.54) is 0 Å². The Morgan fingerprint density at radius 2 is 1.94 bits per heavy atom. The van der Waals surface area contributed by atoms with E-state index in [1.54, 1.807) is 0 Å². The normalized spacial score (nSPS) is 11.6. The molecule has 0 heterocycles. The number of hydrogen-bond donors (Lipinski definition) is 0. The van der Waals surface area contributed by atoms with Crippen LogP contribution in [0.5, 0.6) is 0 Å². The van der Waals surface area contributed by atoms with Gasteiger partial charge in [0.15, 0.2) is 0 Å². The van der Waals surface area contributed by atoms with Crippen LogP contribution in [0.3, 0.4) is 0 Å². The Kier molecular flexibility index (Phi) is 4.01. The Bertz CT molecular complexity index is 429. The third-order valence-corrected chi connectivity index (χ3v) is 3.14. The molecule has 2 nitrogen and oxygen atoms in total. The average Bonchev–Trinajstić information content (AvgIpc) is 2.14. The molecule has 0 aliphatic heterocycles. The molecular weight excluding hydrogens is 357 g/mol. The van der Waals surface area contributed by atoms with Crippen LogP contribution >= 0.6 is 31.9 Å². The standard InChI is InChI=1S/C9H5Br2F3O2/c10-3-5-6(9(12,13)14)1-4(8(15)16)2-7(5)11/h1-2H,3H2,(H,15,16)/p-1. The van der Waals surface area contributed by atoms with Gasteiger partial charge in [-0.15, -0.1) is 0 Å². The van der Waals surface area contributed by atoms with Gasteiger partial charge >= 0.3 is 6.18 Å². The lowest BCUT2D eigenvalue weighted by molar-refractivity contribution is -0.255. The smallest absolute Gasteiger partial charge is 0.416 e. The maximum absolute atomic E-state index is 12.6. The molecule has 16 heavy (non-hydrogen) atoms. The molecule has 0 aliphatic carbocycles. The molecular formula is C9H4Br2F3O2-. The fraction of sp³-hybridized carbons (Fsp3) is 0.222. The zero-order valence-electron chi connectivity index (χ0n) is 7.57. The maximum atomic E-state index is 12.6. The second-order valence-electron chi connectivity index (χ2n) is 2.90. The lowest BCUT2D eigenvalue weighted by atomic mass is 10.0. The predicted molar refractivity (Wildman–Crippen MR) is 56.1 cm³/mol. The van der Waals surface area contributed by atoms with E-state index in [2.05, 4.69) is 31.9 Å². The number of carbonyl (C=O) groups is 1. The van der Waals surface area contributed by atoms with E-state index in [1.807, 2.05) is 0 Å². The Morgan fingerprint density at radius 3 is 2.31 bits per heavy atom. The lowest BCUT2D eigenvalue weighted by Crippen LogP contribution is -2.23. The van der Waals surface area contributed by atoms with E-state index in [-0.39, 0.29) is 15.4 Å². The Balaban J connectivity index is 3.49. The fourth-order valence-corrected chi connectivity index (χ4v) is 2.72. The van der Waals surface area contributed by atoms with Crippen molar-refractivity contribution in [3.8, 4) is 0 Å². The predicted octanol–water partition coefficient (Wildman–Crippen LogP) is 2.73. The highest BCUT2D eigenvalue weighted by molar-refractivity contribution is 9.10. The number of carboxylic acids is 1. The van der Waals surface area contributed by atoms with Crippen molar-refractivity contribution < 1.29 is 23.1 Å². The maximum Gasteiger partial charge on any atom is 0.416 e. The van der Waals surface area contributed by atoms with Crippen molar-refractivity contribution in [3.63, 3.8) is 0 Å². The van der Waals surface area contributed by atoms with E-state index in [4.69, 9.17) is 0 Å². The number of halogens is 5. The Labute approximate surface area is 106 Å². The summed E-state index contributed by atoms with van der Waals surface area (Å²) in [5, 5.41) is 10.5. The molecule has 0 saturated carbocycles. The number of rotatable bonds is 2. The molecule has 1 aromatic carbocycles. The van der Waals surface area contributed by atoms with Gasteiger partial charge < -0.3 is 9.90 Å². The van der Waals surface area contributed by atoms with Gasteiger partial charge in [-0.05, 0) is 23.3 Å². The van der Waals surface area contributed by atoms with Gasteiger partial charge in [-0.1, -0.05) is 31.9 Å². The average molecular weight is 361 g/mol. The van der Waals surface area contributed by atoms with Gasteiger partial charge in [0.1, 0.15) is 0 Å². The summed E-state index contributed by atoms with van der Waals surface area (Å²) in [6.45, 7) is 0. The first-order valence-electron chi connectivity index (χ1n) is 3.94. The van der Waals surface area contributed by atoms with Crippen molar-refractivity contribution >= 4 is 37.8 Å². The molecule has 0 saturated heterocycles. The molecule has 1 rings (SSSR count). The van der Waals surface area contributed by atoms with Crippen molar-refractivity contribution in [2.45, 2.75) is 11.5 Å². The van der Waals surface area contributed by atoms with Crippen molar-refractivity contribution in [1.82, 2.24) is 0 Å². The number of aromatic carboxylic acids is 1. The lowest BCUT2D eigenvalue weighted by Gasteiger charge is -2.15. The Morgan fingerprint density at radius 1 is 1.38 bits per heavy atom. The molecule has 0 atom stereocenters. The first kappa shape index (κ1) is 13.5. The van der Waals surface area contributed by atoms with Gasteiger partial charge in [0, 0.05) is 9.80 Å². The van der Waals surface area contributed by atoms with Crippen LogP contribution in [0.15, 0.2) is 16.6 Å². The molecule has 0 unspecified atom stereocenters. The summed E-state index contributed by atoms with van der Waals surface area (Å²) < 4.78 is 37.9. The zero-order valence-corrected chi connectivity index (χ0v) is 10.7. The minimum absolute atomic E-state index is 0.0320. The molecule has 1 aromatic rings. The highest BCUT2D eigenvalue weighted by atomic mass is 79.9. The topological polar surface area (TPSA) is 40.1 Å². The Hall–Kier alpha value is -0.560. The van der Waals surface area contributed by atoms with Gasteiger partial charge in [0.25, 0.3) is 0 Å². The first-order chi connectivity index (χ1) is 7.27. The van der Waals surface area contributed by atoms with E-state index in [0.717, 1.165) is 6.07 Å². The first-order valence-corrected chi connectivity index (χ1v) is 5.85. The summed E-state index contributed by atoms with van der Waals surface area (Å²) in [6.07, 6.45) is -4.60. The van der Waals surface area contributed by atoms with Crippen LogP contribution in [0.2, 0.25) is 0 Å². The van der Waals surface area contributed by atoms with Crippen molar-refractivity contribution in [3.05, 3.63) is 33.3 Å². The molecule has 0 spiro atoms. The molecule has 0 bridgehead atoms. The van der Waals surface area contributed by atoms with Gasteiger partial charge in [-0.3, -0.25) is 0 Å². The third kappa shape index (κ3) is 2.76. The van der Waals surface area contributed by atoms with Gasteiger partial charge in [-0.25, -0.2) is 0 Å². The molecule has 0 N–H and O–H groups in total. The minimum atomic E-state index is -4.60. The molecule has 0 aliphatic rings. The number of alkyl halides is 4. The van der Waals surface area contributed by atoms with Crippen LogP contribution < -0.4 is 5.11 Å². The summed E-state index contributed by atoms with van der Waals surface area (Å²) in [6, 6.07) is 1.65. The number of carboxylic acid groups (broad SMARTS) is 1. The van der Waals surface area contributed by atoms with Crippen LogP contribution in [0.1, 0.15) is 21.5 Å². The molecule has 88 valence electrons. The van der Waals surface area contributed by atoms with Crippen molar-refractivity contribution in [1.29, 1.82) is 0 Å². The molecule has 7 heteroatoms. The third-order valence-electron chi connectivity index (χ3n) is 1.87. The van der Waals surface area contributed by atoms with Crippen molar-refractivity contribution in [2.75, 3.05) is 0 Å². The minimum Gasteiger partial charge on any atom is -0.545 e. The monoisotopic (exact) mass is 359 g/mol. The highest BCUT2D eigenvalue weighted by Gasteiger charge is 2.34. The summed E-state index contributed by atoms with van der Waals surface area (Å²) in [5.41, 5.74) is -1.54. The SMILES string of the molecule is O=C([O-])c1cc(Br)c(CBr)c(C(F)(F)F)c1. The summed E-state index contributed by atoms with van der Waals surface area (Å²) in [7, 11) is 0. The second-order valence-corrected chi connectivity index (χ2v) is 4.32. The van der Waals surface area contributed by atoms with E-state index >= 15 is 0 Å². The van der Waals surface area contributed by atoms with Crippen LogP contribution in [0.4, 0.5) is 13.2 Å². The van der Waals surface area contributed by atoms with Gasteiger partial charge in [0.05, 0.1) is 11.5 Å². The number of carbonyl (C=O) groups excluding carboxylic acids is 1. The number of hydrogen-bond acceptors (Lipinski definition) is 2. The van der Waals surface area contributed by atoms with E-state index < -0.39 is 23.3 Å². The molecule has 0 fully saturated rings. The molecule has 0 radical (unpaired) electrons. The summed E-state index contributed by atoms with van der Waals surface area (Å²) >= 11 is 5.82. The summed E-state index contributed by atoms with van der Waals surface area (Å²) in [4.78, 5) is 10.5. The van der Waals surface area contributed by atoms with Gasteiger partial charge in [0.2, 0.25) is 0 Å². The fourth-order valence-electron chi connectivity index (χ4n) is 1.14. The zero-order chi connectivity index (χ0) is 12.5. The van der Waals surface area contributed by atoms with Crippen LogP contribution in [0.25, 0.3) is 0 Å². The van der Waals surface area contributed by atoms with Crippen LogP contribution in [0, 0.1) is 0 Å². The quantitative estimate of drug-likeness (QED) is 0.761. The van der Waals surface area contributed by atoms with Gasteiger partial charge in [-0.2, -0.15) is 13.2 Å². The van der Waals surface area contributed by atoms with Crippen LogP contribution in [-0.4, -0.2) is 5.97 Å². The second kappa shape index (κ2) is 4.75. The van der Waals surface area contributed by atoms with Crippen molar-refractivity contribution in [2.24, 2.45) is 0 Å². The van der Waals surface area contributed by atoms with E-state index in [0.29, 0.717) is 6.07 Å². The highest BCUT2D eigenvalue weighted by Crippen LogP contribution is 2.37. The van der Waals surface area contributed by atoms with Crippen LogP contribution in [-0.2, 0) is 11.5 Å². The summed E-state index contributed by atoms with van der Waals surface area (Å²) in [5.74, 6) is -1.65. The largest absolute Gasteiger partial charge is 0.545 e.